The molecule has 2 rings (SSSR count). The maximum atomic E-state index is 12.5. The predicted octanol–water partition coefficient (Wildman–Crippen LogP) is 2.24. The lowest BCUT2D eigenvalue weighted by Crippen LogP contribution is -2.34. The van der Waals surface area contributed by atoms with E-state index in [4.69, 9.17) is 4.74 Å². The molecular weight excluding hydrogens is 308 g/mol. The fraction of sp³-hybridized carbons (Fsp3) is 0.500. The van der Waals surface area contributed by atoms with Crippen molar-refractivity contribution in [2.75, 3.05) is 40.3 Å². The van der Waals surface area contributed by atoms with E-state index in [1.54, 1.807) is 7.11 Å². The Balaban J connectivity index is 2.12. The van der Waals surface area contributed by atoms with Crippen LogP contribution in [-0.4, -0.2) is 56.0 Å². The zero-order chi connectivity index (χ0) is 13.8. The highest BCUT2D eigenvalue weighted by Crippen LogP contribution is 2.26. The third-order valence-corrected chi connectivity index (χ3v) is 4.03. The quantitative estimate of drug-likeness (QED) is 0.835. The van der Waals surface area contributed by atoms with Crippen LogP contribution in [-0.2, 0) is 0 Å². The van der Waals surface area contributed by atoms with Crippen LogP contribution in [0.25, 0.3) is 0 Å². The molecule has 1 amide bonds. The van der Waals surface area contributed by atoms with E-state index in [2.05, 4.69) is 27.9 Å². The number of carbonyl (C=O) groups excluding carboxylic acids is 1. The van der Waals surface area contributed by atoms with Crippen molar-refractivity contribution < 1.29 is 9.53 Å². The summed E-state index contributed by atoms with van der Waals surface area (Å²) in [4.78, 5) is 16.6. The summed E-state index contributed by atoms with van der Waals surface area (Å²) in [5, 5.41) is 0. The number of rotatable bonds is 2. The van der Waals surface area contributed by atoms with E-state index in [9.17, 15) is 4.79 Å². The molecule has 0 radical (unpaired) electrons. The van der Waals surface area contributed by atoms with E-state index in [1.807, 2.05) is 23.1 Å². The Labute approximate surface area is 122 Å². The highest BCUT2D eigenvalue weighted by molar-refractivity contribution is 9.10. The molecule has 19 heavy (non-hydrogen) atoms. The van der Waals surface area contributed by atoms with Crippen LogP contribution in [0.4, 0.5) is 0 Å². The van der Waals surface area contributed by atoms with Gasteiger partial charge in [0, 0.05) is 25.2 Å². The van der Waals surface area contributed by atoms with E-state index in [1.165, 1.54) is 0 Å². The number of nitrogens with zero attached hydrogens (tertiary/aromatic N) is 2. The number of halogens is 1. The molecule has 0 atom stereocenters. The number of amides is 1. The van der Waals surface area contributed by atoms with Crippen LogP contribution >= 0.6 is 15.9 Å². The standard InChI is InChI=1S/C14H19BrN2O2/c1-16-6-3-7-17(9-8-16)14(18)11-4-5-13(19-2)12(15)10-11/h4-5,10H,3,6-9H2,1-2H3. The van der Waals surface area contributed by atoms with Gasteiger partial charge in [-0.1, -0.05) is 0 Å². The molecule has 104 valence electrons. The van der Waals surface area contributed by atoms with Crippen LogP contribution in [0.3, 0.4) is 0 Å². The molecular formula is C14H19BrN2O2. The Bertz CT molecular complexity index is 465. The summed E-state index contributed by atoms with van der Waals surface area (Å²) < 4.78 is 5.99. The van der Waals surface area contributed by atoms with E-state index < -0.39 is 0 Å². The van der Waals surface area contributed by atoms with Crippen molar-refractivity contribution >= 4 is 21.8 Å². The summed E-state index contributed by atoms with van der Waals surface area (Å²) in [6.07, 6.45) is 1.03. The van der Waals surface area contributed by atoms with E-state index >= 15 is 0 Å². The number of methoxy groups -OCH3 is 1. The van der Waals surface area contributed by atoms with Crippen LogP contribution in [0, 0.1) is 0 Å². The van der Waals surface area contributed by atoms with Crippen molar-refractivity contribution in [1.29, 1.82) is 0 Å². The molecule has 0 saturated carbocycles. The molecule has 0 unspecified atom stereocenters. The molecule has 0 aromatic heterocycles. The number of carbonyl (C=O) groups is 1. The second-order valence-electron chi connectivity index (χ2n) is 4.80. The van der Waals surface area contributed by atoms with Gasteiger partial charge in [-0.3, -0.25) is 4.79 Å². The topological polar surface area (TPSA) is 32.8 Å². The Kier molecular flexibility index (Phi) is 4.82. The summed E-state index contributed by atoms with van der Waals surface area (Å²) in [7, 11) is 3.71. The molecule has 1 aromatic rings. The first-order valence-electron chi connectivity index (χ1n) is 6.43. The van der Waals surface area contributed by atoms with Gasteiger partial charge in [0.15, 0.2) is 0 Å². The third kappa shape index (κ3) is 3.48. The minimum absolute atomic E-state index is 0.0960. The fourth-order valence-corrected chi connectivity index (χ4v) is 2.77. The van der Waals surface area contributed by atoms with Crippen molar-refractivity contribution in [3.8, 4) is 5.75 Å². The molecule has 4 nitrogen and oxygen atoms in total. The largest absolute Gasteiger partial charge is 0.496 e. The summed E-state index contributed by atoms with van der Waals surface area (Å²) >= 11 is 3.42. The van der Waals surface area contributed by atoms with Gasteiger partial charge in [-0.05, 0) is 54.1 Å². The Hall–Kier alpha value is -1.07. The average Bonchev–Trinajstić information content (AvgIpc) is 2.62. The summed E-state index contributed by atoms with van der Waals surface area (Å²) in [5.41, 5.74) is 0.706. The molecule has 5 heteroatoms. The van der Waals surface area contributed by atoms with Crippen LogP contribution in [0.5, 0.6) is 5.75 Å². The number of ether oxygens (including phenoxy) is 1. The van der Waals surface area contributed by atoms with Gasteiger partial charge >= 0.3 is 0 Å². The van der Waals surface area contributed by atoms with Gasteiger partial charge in [-0.15, -0.1) is 0 Å². The fourth-order valence-electron chi connectivity index (χ4n) is 2.23. The molecule has 1 aliphatic rings. The maximum Gasteiger partial charge on any atom is 0.253 e. The minimum atomic E-state index is 0.0960. The second kappa shape index (κ2) is 6.39. The first kappa shape index (κ1) is 14.3. The van der Waals surface area contributed by atoms with Crippen molar-refractivity contribution in [2.45, 2.75) is 6.42 Å². The van der Waals surface area contributed by atoms with Gasteiger partial charge in [0.1, 0.15) is 5.75 Å². The molecule has 1 aliphatic heterocycles. The molecule has 1 fully saturated rings. The zero-order valence-corrected chi connectivity index (χ0v) is 12.9. The van der Waals surface area contributed by atoms with E-state index in [-0.39, 0.29) is 5.91 Å². The van der Waals surface area contributed by atoms with Crippen LogP contribution in [0.1, 0.15) is 16.8 Å². The summed E-state index contributed by atoms with van der Waals surface area (Å²) in [6.45, 7) is 3.60. The van der Waals surface area contributed by atoms with Crippen molar-refractivity contribution in [2.24, 2.45) is 0 Å². The maximum absolute atomic E-state index is 12.5. The Morgan fingerprint density at radius 1 is 1.26 bits per heavy atom. The monoisotopic (exact) mass is 326 g/mol. The van der Waals surface area contributed by atoms with Crippen LogP contribution in [0.15, 0.2) is 22.7 Å². The predicted molar refractivity (Wildman–Crippen MR) is 78.7 cm³/mol. The van der Waals surface area contributed by atoms with Gasteiger partial charge in [-0.25, -0.2) is 0 Å². The Morgan fingerprint density at radius 3 is 2.74 bits per heavy atom. The first-order valence-corrected chi connectivity index (χ1v) is 7.22. The van der Waals surface area contributed by atoms with Gasteiger partial charge in [0.2, 0.25) is 0 Å². The van der Waals surface area contributed by atoms with Crippen LogP contribution in [0.2, 0.25) is 0 Å². The molecule has 0 bridgehead atoms. The van der Waals surface area contributed by atoms with Gasteiger partial charge in [0.05, 0.1) is 11.6 Å². The van der Waals surface area contributed by atoms with Gasteiger partial charge < -0.3 is 14.5 Å². The van der Waals surface area contributed by atoms with Crippen molar-refractivity contribution in [1.82, 2.24) is 9.80 Å². The molecule has 0 spiro atoms. The van der Waals surface area contributed by atoms with Crippen molar-refractivity contribution in [3.05, 3.63) is 28.2 Å². The normalized spacial score (nSPS) is 17.1. The number of likely N-dealkylation sites (N-methyl/N-ethyl adjacent to an activating group) is 1. The molecule has 1 saturated heterocycles. The minimum Gasteiger partial charge on any atom is -0.496 e. The number of benzene rings is 1. The summed E-state index contributed by atoms with van der Waals surface area (Å²) in [6, 6.07) is 5.47. The summed E-state index contributed by atoms with van der Waals surface area (Å²) in [5.74, 6) is 0.839. The van der Waals surface area contributed by atoms with Crippen LogP contribution < -0.4 is 4.74 Å². The molecule has 0 N–H and O–H groups in total. The number of hydrogen-bond acceptors (Lipinski definition) is 3. The Morgan fingerprint density at radius 2 is 2.05 bits per heavy atom. The zero-order valence-electron chi connectivity index (χ0n) is 11.4. The van der Waals surface area contributed by atoms with Gasteiger partial charge in [0.25, 0.3) is 5.91 Å². The van der Waals surface area contributed by atoms with E-state index in [0.717, 1.165) is 42.8 Å². The smallest absolute Gasteiger partial charge is 0.253 e. The highest BCUT2D eigenvalue weighted by Gasteiger charge is 2.19. The lowest BCUT2D eigenvalue weighted by molar-refractivity contribution is 0.0762. The SMILES string of the molecule is COc1ccc(C(=O)N2CCCN(C)CC2)cc1Br. The molecule has 1 heterocycles. The molecule has 1 aromatic carbocycles. The lowest BCUT2D eigenvalue weighted by Gasteiger charge is -2.21. The highest BCUT2D eigenvalue weighted by atomic mass is 79.9. The number of hydrogen-bond donors (Lipinski definition) is 0. The third-order valence-electron chi connectivity index (χ3n) is 3.41. The second-order valence-corrected chi connectivity index (χ2v) is 5.65. The molecule has 0 aliphatic carbocycles. The first-order chi connectivity index (χ1) is 9.11. The van der Waals surface area contributed by atoms with Crippen molar-refractivity contribution in [3.63, 3.8) is 0 Å². The van der Waals surface area contributed by atoms with E-state index in [0.29, 0.717) is 5.56 Å². The van der Waals surface area contributed by atoms with Gasteiger partial charge in [-0.2, -0.15) is 0 Å². The average molecular weight is 327 g/mol. The lowest BCUT2D eigenvalue weighted by atomic mass is 10.2.